The largest absolute Gasteiger partial charge is 0.508 e. The maximum atomic E-state index is 12.0. The van der Waals surface area contributed by atoms with E-state index in [1.54, 1.807) is 32.9 Å². The third-order valence-corrected chi connectivity index (χ3v) is 3.23. The van der Waals surface area contributed by atoms with E-state index in [1.165, 1.54) is 12.1 Å². The first-order valence-corrected chi connectivity index (χ1v) is 9.27. The predicted octanol–water partition coefficient (Wildman–Crippen LogP) is 1.82. The first kappa shape index (κ1) is 26.8. The SMILES string of the molecule is CCNC(=NCCNC(=O)c1ccc(O)cc1)NCCNC(=O)OC(C)(C)C.I. The van der Waals surface area contributed by atoms with Crippen LogP contribution in [0.25, 0.3) is 0 Å². The molecule has 1 aromatic carbocycles. The summed E-state index contributed by atoms with van der Waals surface area (Å²) in [6.07, 6.45) is -0.465. The van der Waals surface area contributed by atoms with Gasteiger partial charge in [0.2, 0.25) is 0 Å². The summed E-state index contributed by atoms with van der Waals surface area (Å²) in [5.41, 5.74) is -0.0571. The molecule has 1 aromatic rings. The quantitative estimate of drug-likeness (QED) is 0.154. The Labute approximate surface area is 189 Å². The molecule has 0 saturated heterocycles. The standard InChI is InChI=1S/C19H31N5O4.HI/c1-5-20-17(23-12-13-24-18(27)28-19(2,3)4)22-11-10-21-16(26)14-6-8-15(25)9-7-14;/h6-9,25H,5,10-13H2,1-4H3,(H,21,26)(H,24,27)(H2,20,22,23);1H. The van der Waals surface area contributed by atoms with Crippen LogP contribution in [-0.4, -0.2) is 61.4 Å². The minimum absolute atomic E-state index is 0. The molecular formula is C19H32IN5O4. The molecule has 0 aliphatic rings. The van der Waals surface area contributed by atoms with Crippen molar-refractivity contribution in [2.45, 2.75) is 33.3 Å². The average Bonchev–Trinajstić information content (AvgIpc) is 2.61. The van der Waals surface area contributed by atoms with Crippen molar-refractivity contribution in [1.82, 2.24) is 21.3 Å². The number of aromatic hydroxyl groups is 1. The number of phenols is 1. The van der Waals surface area contributed by atoms with Crippen LogP contribution in [0.15, 0.2) is 29.3 Å². The molecule has 0 aliphatic carbocycles. The van der Waals surface area contributed by atoms with Crippen molar-refractivity contribution >= 4 is 41.9 Å². The summed E-state index contributed by atoms with van der Waals surface area (Å²) in [5.74, 6) is 0.478. The minimum atomic E-state index is -0.529. The van der Waals surface area contributed by atoms with Gasteiger partial charge in [0.15, 0.2) is 5.96 Å². The molecule has 0 saturated carbocycles. The van der Waals surface area contributed by atoms with Crippen molar-refractivity contribution in [3.05, 3.63) is 29.8 Å². The van der Waals surface area contributed by atoms with Gasteiger partial charge in [-0.05, 0) is 52.0 Å². The fourth-order valence-corrected chi connectivity index (χ4v) is 2.05. The molecule has 0 radical (unpaired) electrons. The van der Waals surface area contributed by atoms with Gasteiger partial charge in [-0.15, -0.1) is 24.0 Å². The van der Waals surface area contributed by atoms with E-state index >= 15 is 0 Å². The van der Waals surface area contributed by atoms with Crippen LogP contribution in [0.1, 0.15) is 38.1 Å². The van der Waals surface area contributed by atoms with Crippen molar-refractivity contribution in [3.8, 4) is 5.75 Å². The molecule has 0 heterocycles. The Morgan fingerprint density at radius 3 is 2.21 bits per heavy atom. The number of benzene rings is 1. The van der Waals surface area contributed by atoms with E-state index in [9.17, 15) is 14.7 Å². The highest BCUT2D eigenvalue weighted by atomic mass is 127. The molecule has 9 nitrogen and oxygen atoms in total. The monoisotopic (exact) mass is 521 g/mol. The number of aliphatic imine (C=N–C) groups is 1. The molecule has 5 N–H and O–H groups in total. The smallest absolute Gasteiger partial charge is 0.407 e. The second-order valence-corrected chi connectivity index (χ2v) is 6.92. The molecule has 0 fully saturated rings. The Bertz CT molecular complexity index is 660. The van der Waals surface area contributed by atoms with Crippen LogP contribution in [0.2, 0.25) is 0 Å². The predicted molar refractivity (Wildman–Crippen MR) is 124 cm³/mol. The van der Waals surface area contributed by atoms with Crippen molar-refractivity contribution in [1.29, 1.82) is 0 Å². The van der Waals surface area contributed by atoms with Gasteiger partial charge in [-0.25, -0.2) is 4.79 Å². The van der Waals surface area contributed by atoms with Crippen LogP contribution in [0.5, 0.6) is 5.75 Å². The van der Waals surface area contributed by atoms with Crippen LogP contribution in [0.4, 0.5) is 4.79 Å². The van der Waals surface area contributed by atoms with E-state index in [0.717, 1.165) is 0 Å². The normalized spacial score (nSPS) is 11.1. The van der Waals surface area contributed by atoms with Crippen LogP contribution in [-0.2, 0) is 4.74 Å². The number of halogens is 1. The van der Waals surface area contributed by atoms with E-state index in [-0.39, 0.29) is 35.6 Å². The number of amides is 2. The van der Waals surface area contributed by atoms with E-state index in [0.29, 0.717) is 44.2 Å². The Morgan fingerprint density at radius 2 is 1.62 bits per heavy atom. The molecule has 1 rings (SSSR count). The molecule has 0 aromatic heterocycles. The van der Waals surface area contributed by atoms with E-state index in [4.69, 9.17) is 4.74 Å². The lowest BCUT2D eigenvalue weighted by atomic mass is 10.2. The average molecular weight is 521 g/mol. The Balaban J connectivity index is 0.00000784. The van der Waals surface area contributed by atoms with Crippen molar-refractivity contribution in [3.63, 3.8) is 0 Å². The fourth-order valence-electron chi connectivity index (χ4n) is 2.05. The number of nitrogens with zero attached hydrogens (tertiary/aromatic N) is 1. The van der Waals surface area contributed by atoms with Crippen LogP contribution in [0, 0.1) is 0 Å². The van der Waals surface area contributed by atoms with Crippen molar-refractivity contribution in [2.24, 2.45) is 4.99 Å². The number of rotatable bonds is 8. The highest BCUT2D eigenvalue weighted by molar-refractivity contribution is 14.0. The van der Waals surface area contributed by atoms with Gasteiger partial charge in [-0.3, -0.25) is 9.79 Å². The lowest BCUT2D eigenvalue weighted by Crippen LogP contribution is -2.42. The van der Waals surface area contributed by atoms with E-state index in [1.807, 2.05) is 6.92 Å². The molecule has 0 spiro atoms. The van der Waals surface area contributed by atoms with Gasteiger partial charge in [-0.2, -0.15) is 0 Å². The molecule has 0 aliphatic heterocycles. The topological polar surface area (TPSA) is 124 Å². The lowest BCUT2D eigenvalue weighted by molar-refractivity contribution is 0.0528. The summed E-state index contributed by atoms with van der Waals surface area (Å²) in [5, 5.41) is 20.8. The highest BCUT2D eigenvalue weighted by Gasteiger charge is 2.15. The molecule has 2 amide bonds. The number of hydrogen-bond donors (Lipinski definition) is 5. The first-order chi connectivity index (χ1) is 13.2. The van der Waals surface area contributed by atoms with Gasteiger partial charge in [0.05, 0.1) is 6.54 Å². The summed E-state index contributed by atoms with van der Waals surface area (Å²) < 4.78 is 5.16. The molecule has 29 heavy (non-hydrogen) atoms. The zero-order valence-corrected chi connectivity index (χ0v) is 19.7. The van der Waals surface area contributed by atoms with Crippen molar-refractivity contribution < 1.29 is 19.4 Å². The molecule has 164 valence electrons. The molecule has 0 bridgehead atoms. The number of phenolic OH excluding ortho intramolecular Hbond substituents is 1. The number of hydrogen-bond acceptors (Lipinski definition) is 5. The summed E-state index contributed by atoms with van der Waals surface area (Å²) in [7, 11) is 0. The maximum absolute atomic E-state index is 12.0. The number of ether oxygens (including phenoxy) is 1. The summed E-state index contributed by atoms with van der Waals surface area (Å²) >= 11 is 0. The number of carbonyl (C=O) groups excluding carboxylic acids is 2. The molecule has 0 atom stereocenters. The van der Waals surface area contributed by atoms with Gasteiger partial charge in [0.1, 0.15) is 11.4 Å². The summed E-state index contributed by atoms with van der Waals surface area (Å²) in [4.78, 5) is 27.9. The Morgan fingerprint density at radius 1 is 1.00 bits per heavy atom. The third kappa shape index (κ3) is 12.8. The van der Waals surface area contributed by atoms with Gasteiger partial charge in [-0.1, -0.05) is 0 Å². The molecular weight excluding hydrogens is 489 g/mol. The number of nitrogens with one attached hydrogen (secondary N) is 4. The highest BCUT2D eigenvalue weighted by Crippen LogP contribution is 2.09. The Hall–Kier alpha value is -2.24. The van der Waals surface area contributed by atoms with Crippen LogP contribution >= 0.6 is 24.0 Å². The Kier molecular flexibility index (Phi) is 12.8. The summed E-state index contributed by atoms with van der Waals surface area (Å²) in [6.45, 7) is 9.67. The second-order valence-electron chi connectivity index (χ2n) is 6.92. The molecule has 10 heteroatoms. The van der Waals surface area contributed by atoms with Gasteiger partial charge in [0, 0.05) is 31.7 Å². The van der Waals surface area contributed by atoms with E-state index in [2.05, 4.69) is 26.3 Å². The van der Waals surface area contributed by atoms with Gasteiger partial charge in [0.25, 0.3) is 5.91 Å². The zero-order chi connectivity index (χ0) is 21.0. The van der Waals surface area contributed by atoms with Gasteiger partial charge >= 0.3 is 6.09 Å². The fraction of sp³-hybridized carbons (Fsp3) is 0.526. The van der Waals surface area contributed by atoms with Crippen LogP contribution < -0.4 is 21.3 Å². The lowest BCUT2D eigenvalue weighted by Gasteiger charge is -2.19. The molecule has 0 unspecified atom stereocenters. The van der Waals surface area contributed by atoms with Crippen LogP contribution in [0.3, 0.4) is 0 Å². The number of guanidine groups is 1. The minimum Gasteiger partial charge on any atom is -0.508 e. The van der Waals surface area contributed by atoms with Crippen molar-refractivity contribution in [2.75, 3.05) is 32.7 Å². The number of alkyl carbamates (subject to hydrolysis) is 1. The number of carbonyl (C=O) groups is 2. The zero-order valence-electron chi connectivity index (χ0n) is 17.4. The third-order valence-electron chi connectivity index (χ3n) is 3.23. The second kappa shape index (κ2) is 13.9. The van der Waals surface area contributed by atoms with E-state index < -0.39 is 11.7 Å². The maximum Gasteiger partial charge on any atom is 0.407 e. The summed E-state index contributed by atoms with van der Waals surface area (Å²) in [6, 6.07) is 6.03. The van der Waals surface area contributed by atoms with Gasteiger partial charge < -0.3 is 31.1 Å². The first-order valence-electron chi connectivity index (χ1n) is 9.27.